The third kappa shape index (κ3) is 4.59. The fourth-order valence-corrected chi connectivity index (χ4v) is 4.77. The van der Waals surface area contributed by atoms with Crippen LogP contribution in [0.3, 0.4) is 0 Å². The van der Waals surface area contributed by atoms with Crippen LogP contribution in [-0.2, 0) is 32.6 Å². The molecule has 0 radical (unpaired) electrons. The van der Waals surface area contributed by atoms with Gasteiger partial charge in [-0.3, -0.25) is 4.79 Å². The van der Waals surface area contributed by atoms with E-state index in [9.17, 15) is 13.2 Å². The number of carbonyl (C=O) groups is 1. The molecule has 2 aromatic rings. The van der Waals surface area contributed by atoms with Crippen molar-refractivity contribution in [1.82, 2.24) is 13.9 Å². The molecule has 3 rings (SSSR count). The third-order valence-corrected chi connectivity index (χ3v) is 7.02. The van der Waals surface area contributed by atoms with E-state index in [0.29, 0.717) is 29.5 Å². The van der Waals surface area contributed by atoms with E-state index < -0.39 is 10.0 Å². The Morgan fingerprint density at radius 2 is 1.92 bits per heavy atom. The Labute approximate surface area is 161 Å². The van der Waals surface area contributed by atoms with E-state index in [4.69, 9.17) is 16.3 Å². The number of aromatic nitrogens is 2. The van der Waals surface area contributed by atoms with E-state index in [2.05, 4.69) is 9.59 Å². The zero-order valence-corrected chi connectivity index (χ0v) is 16.3. The summed E-state index contributed by atoms with van der Waals surface area (Å²) < 4.78 is 35.6. The standard InChI is InChI=1S/C16H18ClN3O4S2/c17-16-14(18-19-25-16)11-24-15(21)8-5-12-3-6-13(7-4-12)26(22,23)20-9-1-2-10-20/h3-4,6-7H,1-2,5,8-11H2. The Hall–Kier alpha value is -1.55. The molecule has 1 aromatic heterocycles. The number of hydrogen-bond acceptors (Lipinski definition) is 7. The largest absolute Gasteiger partial charge is 0.459 e. The Bertz CT molecular complexity index is 862. The zero-order valence-electron chi connectivity index (χ0n) is 13.9. The van der Waals surface area contributed by atoms with Gasteiger partial charge in [0.15, 0.2) is 0 Å². The van der Waals surface area contributed by atoms with Crippen LogP contribution in [0.25, 0.3) is 0 Å². The zero-order chi connectivity index (χ0) is 18.6. The van der Waals surface area contributed by atoms with E-state index in [1.807, 2.05) is 0 Å². The Morgan fingerprint density at radius 3 is 2.54 bits per heavy atom. The van der Waals surface area contributed by atoms with Crippen molar-refractivity contribution in [2.24, 2.45) is 0 Å². The quantitative estimate of drug-likeness (QED) is 0.646. The van der Waals surface area contributed by atoms with Crippen molar-refractivity contribution in [2.75, 3.05) is 13.1 Å². The van der Waals surface area contributed by atoms with Crippen molar-refractivity contribution in [3.63, 3.8) is 0 Å². The minimum absolute atomic E-state index is 0.00117. The molecule has 0 atom stereocenters. The monoisotopic (exact) mass is 415 g/mol. The lowest BCUT2D eigenvalue weighted by Crippen LogP contribution is -2.27. The van der Waals surface area contributed by atoms with Crippen molar-refractivity contribution in [3.8, 4) is 0 Å². The van der Waals surface area contributed by atoms with Crippen LogP contribution in [-0.4, -0.2) is 41.4 Å². The highest BCUT2D eigenvalue weighted by atomic mass is 35.5. The normalized spacial score (nSPS) is 15.3. The van der Waals surface area contributed by atoms with Crippen LogP contribution in [0.5, 0.6) is 0 Å². The molecule has 0 spiro atoms. The van der Waals surface area contributed by atoms with Gasteiger partial charge in [0.05, 0.1) is 4.90 Å². The molecule has 1 aromatic carbocycles. The molecule has 0 N–H and O–H groups in total. The fraction of sp³-hybridized carbons (Fsp3) is 0.438. The lowest BCUT2D eigenvalue weighted by molar-refractivity contribution is -0.145. The smallest absolute Gasteiger partial charge is 0.306 e. The average molecular weight is 416 g/mol. The van der Waals surface area contributed by atoms with Gasteiger partial charge in [0.1, 0.15) is 16.6 Å². The maximum absolute atomic E-state index is 12.5. The molecule has 0 bridgehead atoms. The predicted octanol–water partition coefficient (Wildman–Crippen LogP) is 2.65. The molecule has 1 aliphatic rings. The maximum atomic E-state index is 12.5. The first kappa shape index (κ1) is 19.2. The van der Waals surface area contributed by atoms with Gasteiger partial charge >= 0.3 is 5.97 Å². The Kier molecular flexibility index (Phi) is 6.23. The van der Waals surface area contributed by atoms with Crippen molar-refractivity contribution in [2.45, 2.75) is 37.2 Å². The number of carbonyl (C=O) groups excluding carboxylic acids is 1. The lowest BCUT2D eigenvalue weighted by Gasteiger charge is -2.15. The summed E-state index contributed by atoms with van der Waals surface area (Å²) in [5.41, 5.74) is 1.32. The Morgan fingerprint density at radius 1 is 1.23 bits per heavy atom. The summed E-state index contributed by atoms with van der Waals surface area (Å²) in [6.45, 7) is 1.16. The number of esters is 1. The summed E-state index contributed by atoms with van der Waals surface area (Å²) in [6, 6.07) is 6.65. The van der Waals surface area contributed by atoms with Gasteiger partial charge in [-0.15, -0.1) is 5.10 Å². The molecule has 7 nitrogen and oxygen atoms in total. The van der Waals surface area contributed by atoms with Crippen LogP contribution in [0.2, 0.25) is 4.34 Å². The summed E-state index contributed by atoms with van der Waals surface area (Å²) >= 11 is 6.88. The van der Waals surface area contributed by atoms with Crippen LogP contribution < -0.4 is 0 Å². The van der Waals surface area contributed by atoms with Crippen LogP contribution in [0.15, 0.2) is 29.2 Å². The van der Waals surface area contributed by atoms with E-state index in [1.54, 1.807) is 24.3 Å². The molecule has 1 fully saturated rings. The van der Waals surface area contributed by atoms with Gasteiger partial charge < -0.3 is 4.74 Å². The molecule has 1 saturated heterocycles. The molecule has 26 heavy (non-hydrogen) atoms. The van der Waals surface area contributed by atoms with Gasteiger partial charge in [-0.2, -0.15) is 4.31 Å². The lowest BCUT2D eigenvalue weighted by atomic mass is 10.1. The second kappa shape index (κ2) is 8.43. The number of benzene rings is 1. The van der Waals surface area contributed by atoms with Gasteiger partial charge in [-0.25, -0.2) is 8.42 Å². The van der Waals surface area contributed by atoms with E-state index >= 15 is 0 Å². The summed E-state index contributed by atoms with van der Waals surface area (Å²) in [4.78, 5) is 12.1. The third-order valence-electron chi connectivity index (χ3n) is 4.12. The molecule has 10 heteroatoms. The van der Waals surface area contributed by atoms with Crippen molar-refractivity contribution < 1.29 is 17.9 Å². The number of ether oxygens (including phenoxy) is 1. The highest BCUT2D eigenvalue weighted by molar-refractivity contribution is 7.89. The van der Waals surface area contributed by atoms with Crippen LogP contribution in [0, 0.1) is 0 Å². The molecule has 0 amide bonds. The second-order valence-electron chi connectivity index (χ2n) is 5.91. The van der Waals surface area contributed by atoms with Crippen molar-refractivity contribution in [3.05, 3.63) is 39.9 Å². The Balaban J connectivity index is 1.51. The predicted molar refractivity (Wildman–Crippen MR) is 97.5 cm³/mol. The molecular weight excluding hydrogens is 398 g/mol. The topological polar surface area (TPSA) is 89.5 Å². The second-order valence-corrected chi connectivity index (χ2v) is 9.20. The van der Waals surface area contributed by atoms with Gasteiger partial charge in [-0.05, 0) is 37.0 Å². The molecule has 1 aliphatic heterocycles. The summed E-state index contributed by atoms with van der Waals surface area (Å²) in [5, 5.41) is 3.77. The van der Waals surface area contributed by atoms with Crippen LogP contribution >= 0.6 is 23.1 Å². The fourth-order valence-electron chi connectivity index (χ4n) is 2.66. The number of hydrogen-bond donors (Lipinski definition) is 0. The molecule has 0 unspecified atom stereocenters. The van der Waals surface area contributed by atoms with Gasteiger partial charge in [0.2, 0.25) is 10.0 Å². The summed E-state index contributed by atoms with van der Waals surface area (Å²) in [7, 11) is -3.41. The van der Waals surface area contributed by atoms with Gasteiger partial charge in [-0.1, -0.05) is 28.2 Å². The number of nitrogens with zero attached hydrogens (tertiary/aromatic N) is 3. The highest BCUT2D eigenvalue weighted by Gasteiger charge is 2.26. The number of sulfonamides is 1. The average Bonchev–Trinajstić information content (AvgIpc) is 3.31. The SMILES string of the molecule is O=C(CCc1ccc(S(=O)(=O)N2CCCC2)cc1)OCc1nnsc1Cl. The molecule has 2 heterocycles. The highest BCUT2D eigenvalue weighted by Crippen LogP contribution is 2.21. The number of rotatable bonds is 7. The minimum Gasteiger partial charge on any atom is -0.459 e. The number of halogens is 1. The van der Waals surface area contributed by atoms with Crippen molar-refractivity contribution >= 4 is 39.1 Å². The van der Waals surface area contributed by atoms with Crippen LogP contribution in [0.4, 0.5) is 0 Å². The molecule has 0 saturated carbocycles. The van der Waals surface area contributed by atoms with Crippen LogP contribution in [0.1, 0.15) is 30.5 Å². The van der Waals surface area contributed by atoms with Gasteiger partial charge in [0.25, 0.3) is 0 Å². The maximum Gasteiger partial charge on any atom is 0.306 e. The molecular formula is C16H18ClN3O4S2. The van der Waals surface area contributed by atoms with Crippen molar-refractivity contribution in [1.29, 1.82) is 0 Å². The van der Waals surface area contributed by atoms with E-state index in [0.717, 1.165) is 29.9 Å². The van der Waals surface area contributed by atoms with E-state index in [-0.39, 0.29) is 23.9 Å². The van der Waals surface area contributed by atoms with Gasteiger partial charge in [0, 0.05) is 31.0 Å². The summed E-state index contributed by atoms with van der Waals surface area (Å²) in [6.07, 6.45) is 2.46. The first-order valence-electron chi connectivity index (χ1n) is 8.18. The summed E-state index contributed by atoms with van der Waals surface area (Å²) in [5.74, 6) is -0.372. The van der Waals surface area contributed by atoms with E-state index in [1.165, 1.54) is 4.31 Å². The first-order chi connectivity index (χ1) is 12.5. The minimum atomic E-state index is -3.41. The number of aryl methyl sites for hydroxylation is 1. The molecule has 140 valence electrons. The first-order valence-corrected chi connectivity index (χ1v) is 10.8. The molecule has 0 aliphatic carbocycles.